The van der Waals surface area contributed by atoms with Crippen LogP contribution in [-0.4, -0.2) is 16.3 Å². The first-order chi connectivity index (χ1) is 9.15. The Labute approximate surface area is 117 Å². The molecule has 1 aliphatic carbocycles. The van der Waals surface area contributed by atoms with E-state index in [1.165, 1.54) is 24.8 Å². The molecule has 1 aromatic heterocycles. The second-order valence-corrected chi connectivity index (χ2v) is 6.46. The van der Waals surface area contributed by atoms with Crippen molar-refractivity contribution >= 4 is 0 Å². The van der Waals surface area contributed by atoms with Crippen LogP contribution >= 0.6 is 0 Å². The molecule has 3 unspecified atom stereocenters. The number of nitrogens with two attached hydrogens (primary N) is 1. The van der Waals surface area contributed by atoms with Gasteiger partial charge in [0.1, 0.15) is 0 Å². The van der Waals surface area contributed by atoms with Crippen LogP contribution in [0.15, 0.2) is 12.4 Å². The summed E-state index contributed by atoms with van der Waals surface area (Å²) in [6, 6.07) is 0. The molecule has 0 bridgehead atoms. The van der Waals surface area contributed by atoms with E-state index in [1.807, 2.05) is 0 Å². The SMILES string of the molecule is CCCn1cc(C2CC(C(C)C)CCC2CN)cn1. The third kappa shape index (κ3) is 3.38. The molecule has 0 aliphatic heterocycles. The minimum Gasteiger partial charge on any atom is -0.330 e. The van der Waals surface area contributed by atoms with Crippen LogP contribution in [0.3, 0.4) is 0 Å². The van der Waals surface area contributed by atoms with E-state index in [4.69, 9.17) is 5.73 Å². The molecule has 2 rings (SSSR count). The highest BCUT2D eigenvalue weighted by molar-refractivity contribution is 5.14. The van der Waals surface area contributed by atoms with Crippen LogP contribution in [-0.2, 0) is 6.54 Å². The normalized spacial score (nSPS) is 27.9. The molecule has 108 valence electrons. The zero-order valence-electron chi connectivity index (χ0n) is 12.7. The van der Waals surface area contributed by atoms with Crippen LogP contribution < -0.4 is 5.73 Å². The molecule has 0 aromatic carbocycles. The zero-order valence-corrected chi connectivity index (χ0v) is 12.7. The minimum absolute atomic E-state index is 0.622. The molecule has 1 heterocycles. The van der Waals surface area contributed by atoms with E-state index >= 15 is 0 Å². The molecular formula is C16H29N3. The quantitative estimate of drug-likeness (QED) is 0.884. The molecule has 3 heteroatoms. The number of hydrogen-bond donors (Lipinski definition) is 1. The highest BCUT2D eigenvalue weighted by Crippen LogP contribution is 2.42. The Balaban J connectivity index is 2.12. The second-order valence-electron chi connectivity index (χ2n) is 6.46. The topological polar surface area (TPSA) is 43.8 Å². The molecule has 2 N–H and O–H groups in total. The number of nitrogens with zero attached hydrogens (tertiary/aromatic N) is 2. The highest BCUT2D eigenvalue weighted by atomic mass is 15.3. The number of hydrogen-bond acceptors (Lipinski definition) is 2. The summed E-state index contributed by atoms with van der Waals surface area (Å²) in [6.45, 7) is 8.73. The summed E-state index contributed by atoms with van der Waals surface area (Å²) in [5, 5.41) is 4.50. The Hall–Kier alpha value is -0.830. The van der Waals surface area contributed by atoms with Crippen LogP contribution in [0.2, 0.25) is 0 Å². The van der Waals surface area contributed by atoms with Gasteiger partial charge in [-0.2, -0.15) is 5.10 Å². The average Bonchev–Trinajstić information content (AvgIpc) is 2.87. The van der Waals surface area contributed by atoms with Crippen molar-refractivity contribution in [3.8, 4) is 0 Å². The molecule has 0 saturated heterocycles. The lowest BCUT2D eigenvalue weighted by molar-refractivity contribution is 0.197. The van der Waals surface area contributed by atoms with Crippen LogP contribution in [0.4, 0.5) is 0 Å². The largest absolute Gasteiger partial charge is 0.330 e. The van der Waals surface area contributed by atoms with Crippen molar-refractivity contribution in [2.24, 2.45) is 23.5 Å². The van der Waals surface area contributed by atoms with Crippen molar-refractivity contribution in [1.29, 1.82) is 0 Å². The Bertz CT molecular complexity index is 383. The molecule has 1 saturated carbocycles. The van der Waals surface area contributed by atoms with Crippen LogP contribution in [0.1, 0.15) is 57.9 Å². The average molecular weight is 263 g/mol. The van der Waals surface area contributed by atoms with Crippen LogP contribution in [0.5, 0.6) is 0 Å². The maximum atomic E-state index is 5.99. The standard InChI is InChI=1S/C16H29N3/c1-4-7-19-11-15(10-18-19)16-8-13(12(2)3)5-6-14(16)9-17/h10-14,16H,4-9,17H2,1-3H3. The molecular weight excluding hydrogens is 234 g/mol. The summed E-state index contributed by atoms with van der Waals surface area (Å²) in [7, 11) is 0. The number of aryl methyl sites for hydroxylation is 1. The Kier molecular flexibility index (Phi) is 5.03. The van der Waals surface area contributed by atoms with Crippen molar-refractivity contribution in [1.82, 2.24) is 9.78 Å². The van der Waals surface area contributed by atoms with E-state index in [2.05, 4.69) is 42.9 Å². The van der Waals surface area contributed by atoms with E-state index in [9.17, 15) is 0 Å². The monoisotopic (exact) mass is 263 g/mol. The Morgan fingerprint density at radius 2 is 2.21 bits per heavy atom. The maximum Gasteiger partial charge on any atom is 0.0524 e. The van der Waals surface area contributed by atoms with Gasteiger partial charge in [0.25, 0.3) is 0 Å². The van der Waals surface area contributed by atoms with Crippen LogP contribution in [0.25, 0.3) is 0 Å². The first kappa shape index (κ1) is 14.6. The lowest BCUT2D eigenvalue weighted by Gasteiger charge is -2.37. The molecule has 0 spiro atoms. The first-order valence-electron chi connectivity index (χ1n) is 7.88. The molecule has 19 heavy (non-hydrogen) atoms. The highest BCUT2D eigenvalue weighted by Gasteiger charge is 2.32. The third-order valence-electron chi connectivity index (χ3n) is 4.81. The first-order valence-corrected chi connectivity index (χ1v) is 7.88. The van der Waals surface area contributed by atoms with Crippen molar-refractivity contribution in [3.63, 3.8) is 0 Å². The van der Waals surface area contributed by atoms with Gasteiger partial charge in [-0.15, -0.1) is 0 Å². The minimum atomic E-state index is 0.622. The summed E-state index contributed by atoms with van der Waals surface area (Å²) in [5.41, 5.74) is 7.40. The van der Waals surface area contributed by atoms with Gasteiger partial charge < -0.3 is 5.73 Å². The van der Waals surface area contributed by atoms with Gasteiger partial charge in [0, 0.05) is 12.7 Å². The van der Waals surface area contributed by atoms with Crippen molar-refractivity contribution in [2.45, 2.75) is 58.9 Å². The fourth-order valence-electron chi connectivity index (χ4n) is 3.48. The summed E-state index contributed by atoms with van der Waals surface area (Å²) in [5.74, 6) is 2.90. The predicted octanol–water partition coefficient (Wildman–Crippen LogP) is 3.41. The lowest BCUT2D eigenvalue weighted by atomic mass is 9.69. The Morgan fingerprint density at radius 3 is 2.84 bits per heavy atom. The zero-order chi connectivity index (χ0) is 13.8. The molecule has 3 nitrogen and oxygen atoms in total. The third-order valence-corrected chi connectivity index (χ3v) is 4.81. The number of rotatable bonds is 5. The van der Waals surface area contributed by atoms with Gasteiger partial charge in [-0.3, -0.25) is 4.68 Å². The van der Waals surface area contributed by atoms with Crippen molar-refractivity contribution in [2.75, 3.05) is 6.54 Å². The predicted molar refractivity (Wildman–Crippen MR) is 80.0 cm³/mol. The smallest absolute Gasteiger partial charge is 0.0524 e. The van der Waals surface area contributed by atoms with Gasteiger partial charge in [-0.05, 0) is 61.5 Å². The van der Waals surface area contributed by atoms with E-state index in [1.54, 1.807) is 0 Å². The summed E-state index contributed by atoms with van der Waals surface area (Å²) >= 11 is 0. The van der Waals surface area contributed by atoms with Crippen molar-refractivity contribution in [3.05, 3.63) is 18.0 Å². The molecule has 1 aromatic rings. The van der Waals surface area contributed by atoms with Gasteiger partial charge in [-0.25, -0.2) is 0 Å². The van der Waals surface area contributed by atoms with Gasteiger partial charge in [0.05, 0.1) is 6.20 Å². The fraction of sp³-hybridized carbons (Fsp3) is 0.812. The molecule has 0 radical (unpaired) electrons. The van der Waals surface area contributed by atoms with E-state index in [-0.39, 0.29) is 0 Å². The van der Waals surface area contributed by atoms with Gasteiger partial charge in [0.2, 0.25) is 0 Å². The summed E-state index contributed by atoms with van der Waals surface area (Å²) < 4.78 is 2.09. The van der Waals surface area contributed by atoms with Crippen LogP contribution in [0, 0.1) is 17.8 Å². The van der Waals surface area contributed by atoms with Gasteiger partial charge in [-0.1, -0.05) is 20.8 Å². The van der Waals surface area contributed by atoms with E-state index in [0.29, 0.717) is 11.8 Å². The maximum absolute atomic E-state index is 5.99. The summed E-state index contributed by atoms with van der Waals surface area (Å²) in [6.07, 6.45) is 9.38. The van der Waals surface area contributed by atoms with E-state index < -0.39 is 0 Å². The van der Waals surface area contributed by atoms with E-state index in [0.717, 1.165) is 31.3 Å². The van der Waals surface area contributed by atoms with Gasteiger partial charge >= 0.3 is 0 Å². The van der Waals surface area contributed by atoms with Gasteiger partial charge in [0.15, 0.2) is 0 Å². The van der Waals surface area contributed by atoms with Crippen molar-refractivity contribution < 1.29 is 0 Å². The molecule has 3 atom stereocenters. The Morgan fingerprint density at radius 1 is 1.42 bits per heavy atom. The second kappa shape index (κ2) is 6.56. The molecule has 1 aliphatic rings. The molecule has 1 fully saturated rings. The fourth-order valence-corrected chi connectivity index (χ4v) is 3.48. The summed E-state index contributed by atoms with van der Waals surface area (Å²) in [4.78, 5) is 0. The number of aromatic nitrogens is 2. The molecule has 0 amide bonds. The lowest BCUT2D eigenvalue weighted by Crippen LogP contribution is -2.30.